The van der Waals surface area contributed by atoms with E-state index in [2.05, 4.69) is 20.5 Å². The molecule has 8 nitrogen and oxygen atoms in total. The fourth-order valence-corrected chi connectivity index (χ4v) is 5.32. The molecule has 2 fully saturated rings. The van der Waals surface area contributed by atoms with Crippen molar-refractivity contribution in [2.75, 3.05) is 41.8 Å². The number of anilines is 4. The number of alkyl halides is 2. The van der Waals surface area contributed by atoms with Gasteiger partial charge >= 0.3 is 5.92 Å². The zero-order chi connectivity index (χ0) is 25.9. The molecular formula is C26H28ClF2N5O3. The normalized spacial score (nSPS) is 23.1. The molecule has 2 atom stereocenters. The van der Waals surface area contributed by atoms with Gasteiger partial charge in [-0.2, -0.15) is 0 Å². The summed E-state index contributed by atoms with van der Waals surface area (Å²) in [6, 6.07) is 6.23. The monoisotopic (exact) mass is 531 g/mol. The van der Waals surface area contributed by atoms with Crippen LogP contribution in [-0.4, -0.2) is 53.9 Å². The number of fused-ring (bicyclic) bond motifs is 3. The van der Waals surface area contributed by atoms with E-state index in [9.17, 15) is 13.6 Å². The van der Waals surface area contributed by atoms with E-state index in [0.29, 0.717) is 39.6 Å². The number of benzene rings is 1. The van der Waals surface area contributed by atoms with E-state index in [-0.39, 0.29) is 17.8 Å². The van der Waals surface area contributed by atoms with E-state index >= 15 is 0 Å². The zero-order valence-corrected chi connectivity index (χ0v) is 21.3. The van der Waals surface area contributed by atoms with Crippen molar-refractivity contribution in [2.45, 2.75) is 37.8 Å². The Morgan fingerprint density at radius 2 is 2.08 bits per heavy atom. The molecule has 2 N–H and O–H groups in total. The van der Waals surface area contributed by atoms with E-state index in [1.165, 1.54) is 4.57 Å². The third-order valence-corrected chi connectivity index (χ3v) is 7.60. The molecule has 1 aliphatic carbocycles. The van der Waals surface area contributed by atoms with Crippen LogP contribution >= 0.6 is 11.6 Å². The van der Waals surface area contributed by atoms with Crippen molar-refractivity contribution in [2.24, 2.45) is 13.0 Å². The molecule has 1 saturated heterocycles. The summed E-state index contributed by atoms with van der Waals surface area (Å²) in [5.74, 6) is -2.54. The molecule has 1 saturated carbocycles. The summed E-state index contributed by atoms with van der Waals surface area (Å²) in [6.45, 7) is 3.27. The van der Waals surface area contributed by atoms with Gasteiger partial charge in [0.15, 0.2) is 6.61 Å². The molecule has 0 unspecified atom stereocenters. The number of nitrogens with zero attached hydrogens (tertiary/aromatic N) is 3. The van der Waals surface area contributed by atoms with Gasteiger partial charge in [0.05, 0.1) is 46.9 Å². The molecule has 2 aliphatic heterocycles. The van der Waals surface area contributed by atoms with Gasteiger partial charge in [-0.15, -0.1) is 0 Å². The minimum absolute atomic E-state index is 0.0827. The Hall–Kier alpha value is -3.11. The third kappa shape index (κ3) is 4.46. The standard InChI is InChI=1S/C26H28ClF2N5O3/c1-14-12-34(7-8-36-14)21-10-19(18(27)11-30-21)31-16-5-6-20-17(9-16)22-23(25(35)33(20)2)37-13-26(28,29)24(32-22)15-3-4-15/h5-6,9-11,14-15,24,32H,3-4,7-8,12-13H2,1-2H3,(H,30,31)/t14-,24-/m0/s1. The van der Waals surface area contributed by atoms with Crippen LogP contribution in [0.5, 0.6) is 5.75 Å². The largest absolute Gasteiger partial charge is 0.480 e. The molecule has 0 spiro atoms. The average molecular weight is 532 g/mol. The van der Waals surface area contributed by atoms with Gasteiger partial charge in [-0.25, -0.2) is 13.8 Å². The van der Waals surface area contributed by atoms with Crippen molar-refractivity contribution in [3.63, 3.8) is 0 Å². The van der Waals surface area contributed by atoms with Crippen molar-refractivity contribution in [1.29, 1.82) is 0 Å². The molecular weight excluding hydrogens is 504 g/mol. The molecule has 196 valence electrons. The molecule has 0 radical (unpaired) electrons. The lowest BCUT2D eigenvalue weighted by Gasteiger charge is -2.32. The van der Waals surface area contributed by atoms with Gasteiger partial charge in [-0.05, 0) is 43.9 Å². The van der Waals surface area contributed by atoms with Gasteiger partial charge in [0, 0.05) is 37.3 Å². The van der Waals surface area contributed by atoms with Gasteiger partial charge in [-0.1, -0.05) is 11.6 Å². The van der Waals surface area contributed by atoms with E-state index in [1.54, 1.807) is 19.3 Å². The van der Waals surface area contributed by atoms with Gasteiger partial charge in [-0.3, -0.25) is 4.79 Å². The Morgan fingerprint density at radius 3 is 2.84 bits per heavy atom. The van der Waals surface area contributed by atoms with Crippen LogP contribution in [0.3, 0.4) is 0 Å². The van der Waals surface area contributed by atoms with Crippen LogP contribution in [0.2, 0.25) is 5.02 Å². The number of aromatic nitrogens is 2. The summed E-state index contributed by atoms with van der Waals surface area (Å²) in [4.78, 5) is 19.6. The summed E-state index contributed by atoms with van der Waals surface area (Å²) in [7, 11) is 1.61. The number of ether oxygens (including phenoxy) is 2. The molecule has 4 heterocycles. The predicted molar refractivity (Wildman–Crippen MR) is 140 cm³/mol. The Balaban J connectivity index is 1.39. The Labute approximate surface area is 217 Å². The molecule has 2 aromatic heterocycles. The second kappa shape index (κ2) is 9.02. The first-order valence-electron chi connectivity index (χ1n) is 12.4. The number of pyridine rings is 2. The molecule has 3 aliphatic rings. The molecule has 3 aromatic rings. The van der Waals surface area contributed by atoms with E-state index in [1.807, 2.05) is 25.1 Å². The summed E-state index contributed by atoms with van der Waals surface area (Å²) in [5, 5.41) is 7.40. The number of hydrogen-bond donors (Lipinski definition) is 2. The molecule has 0 amide bonds. The van der Waals surface area contributed by atoms with Crippen LogP contribution in [0.15, 0.2) is 35.3 Å². The van der Waals surface area contributed by atoms with Crippen molar-refractivity contribution >= 4 is 45.4 Å². The van der Waals surface area contributed by atoms with Crippen LogP contribution in [0.4, 0.5) is 31.7 Å². The Kier molecular flexibility index (Phi) is 5.91. The smallest absolute Gasteiger partial charge is 0.301 e. The lowest BCUT2D eigenvalue weighted by molar-refractivity contribution is -0.0579. The second-order valence-corrected chi connectivity index (χ2v) is 10.5. The van der Waals surface area contributed by atoms with Crippen molar-refractivity contribution in [3.05, 3.63) is 45.8 Å². The second-order valence-electron chi connectivity index (χ2n) is 10.1. The number of halogens is 3. The van der Waals surface area contributed by atoms with Crippen LogP contribution in [-0.2, 0) is 11.8 Å². The van der Waals surface area contributed by atoms with Gasteiger partial charge in [0.2, 0.25) is 5.75 Å². The highest BCUT2D eigenvalue weighted by Gasteiger charge is 2.51. The SMILES string of the molecule is C[C@H]1CN(c2cc(Nc3ccc4c(c3)c3c(c(=O)n4C)OCC(F)(F)[C@H](C4CC4)N3)c(Cl)cn2)CCO1. The van der Waals surface area contributed by atoms with Gasteiger partial charge < -0.3 is 29.6 Å². The third-order valence-electron chi connectivity index (χ3n) is 7.30. The summed E-state index contributed by atoms with van der Waals surface area (Å²) < 4.78 is 42.3. The molecule has 1 aromatic carbocycles. The van der Waals surface area contributed by atoms with Gasteiger partial charge in [0.1, 0.15) is 5.82 Å². The summed E-state index contributed by atoms with van der Waals surface area (Å²) in [6.07, 6.45) is 3.16. The number of morpholine rings is 1. The number of hydrogen-bond acceptors (Lipinski definition) is 7. The summed E-state index contributed by atoms with van der Waals surface area (Å²) in [5.41, 5.74) is 1.80. The molecule has 0 bridgehead atoms. The van der Waals surface area contributed by atoms with Crippen LogP contribution in [0.25, 0.3) is 10.9 Å². The first-order chi connectivity index (χ1) is 17.7. The maximum Gasteiger partial charge on any atom is 0.301 e. The predicted octanol–water partition coefficient (Wildman–Crippen LogP) is 4.77. The minimum Gasteiger partial charge on any atom is -0.480 e. The van der Waals surface area contributed by atoms with Crippen molar-refractivity contribution in [1.82, 2.24) is 9.55 Å². The fourth-order valence-electron chi connectivity index (χ4n) is 5.16. The lowest BCUT2D eigenvalue weighted by atomic mass is 10.0. The van der Waals surface area contributed by atoms with Crippen LogP contribution < -0.4 is 25.8 Å². The van der Waals surface area contributed by atoms with Crippen molar-refractivity contribution in [3.8, 4) is 5.75 Å². The average Bonchev–Trinajstić information content (AvgIpc) is 3.71. The van der Waals surface area contributed by atoms with Crippen LogP contribution in [0.1, 0.15) is 19.8 Å². The first kappa shape index (κ1) is 24.2. The molecule has 11 heteroatoms. The maximum absolute atomic E-state index is 14.9. The van der Waals surface area contributed by atoms with Crippen molar-refractivity contribution < 1.29 is 18.3 Å². The van der Waals surface area contributed by atoms with Crippen LogP contribution in [0, 0.1) is 5.92 Å². The Bertz CT molecular complexity index is 1430. The number of rotatable bonds is 4. The topological polar surface area (TPSA) is 80.7 Å². The molecule has 6 rings (SSSR count). The highest BCUT2D eigenvalue weighted by molar-refractivity contribution is 6.33. The minimum atomic E-state index is -3.09. The summed E-state index contributed by atoms with van der Waals surface area (Å²) >= 11 is 6.48. The first-order valence-corrected chi connectivity index (χ1v) is 12.8. The van der Waals surface area contributed by atoms with E-state index < -0.39 is 24.1 Å². The maximum atomic E-state index is 14.9. The number of aryl methyl sites for hydroxylation is 1. The van der Waals surface area contributed by atoms with Gasteiger partial charge in [0.25, 0.3) is 5.56 Å². The zero-order valence-electron chi connectivity index (χ0n) is 20.6. The lowest BCUT2D eigenvalue weighted by Crippen LogP contribution is -2.44. The molecule has 37 heavy (non-hydrogen) atoms. The Morgan fingerprint density at radius 1 is 1.27 bits per heavy atom. The fraction of sp³-hybridized carbons (Fsp3) is 0.462. The van der Waals surface area contributed by atoms with E-state index in [4.69, 9.17) is 21.1 Å². The quantitative estimate of drug-likeness (QED) is 0.502. The highest BCUT2D eigenvalue weighted by Crippen LogP contribution is 2.45. The number of nitrogens with one attached hydrogen (secondary N) is 2. The highest BCUT2D eigenvalue weighted by atomic mass is 35.5. The van der Waals surface area contributed by atoms with E-state index in [0.717, 1.165) is 31.7 Å².